The molecule has 0 atom stereocenters. The van der Waals surface area contributed by atoms with Gasteiger partial charge in [0.05, 0.1) is 17.3 Å². The molecular weight excluding hydrogens is 475 g/mol. The summed E-state index contributed by atoms with van der Waals surface area (Å²) in [5.41, 5.74) is 5.37. The van der Waals surface area contributed by atoms with E-state index >= 15 is 0 Å². The number of aromatic nitrogens is 3. The van der Waals surface area contributed by atoms with E-state index < -0.39 is 11.7 Å². The highest BCUT2D eigenvalue weighted by Gasteiger charge is 2.30. The predicted molar refractivity (Wildman–Crippen MR) is 130 cm³/mol. The number of anilines is 3. The summed E-state index contributed by atoms with van der Waals surface area (Å²) in [5, 5.41) is 4.63. The minimum atomic E-state index is -4.30. The van der Waals surface area contributed by atoms with Crippen LogP contribution in [0.15, 0.2) is 36.5 Å². The highest BCUT2D eigenvalue weighted by atomic mass is 35.5. The van der Waals surface area contributed by atoms with Gasteiger partial charge in [-0.2, -0.15) is 30.8 Å². The minimum absolute atomic E-state index is 0.125. The zero-order chi connectivity index (χ0) is 24.0. The van der Waals surface area contributed by atoms with Gasteiger partial charge in [-0.3, -0.25) is 0 Å². The highest BCUT2D eigenvalue weighted by molar-refractivity contribution is 7.80. The number of hydrogen-bond acceptors (Lipinski definition) is 8. The molecule has 1 aliphatic heterocycles. The van der Waals surface area contributed by atoms with Crippen LogP contribution in [0.2, 0.25) is 5.15 Å². The standard InChI is InChI=1S/C14H19ClN6S.C7H6F3N/c1-20-3-5-21(6-4-20)14-18-11-9-17-12(15)8-10(11)13(19-14)16-2-7-22;8-7(9,10)5-2-1-3-6(11)4-5/h8-9,22H,2-7H2,1H3,(H,16,18,19);1-4H,11H2. The Kier molecular flexibility index (Phi) is 8.44. The predicted octanol–water partition coefficient (Wildman–Crippen LogP) is 4.06. The first-order chi connectivity index (χ1) is 15.7. The maximum absolute atomic E-state index is 11.9. The van der Waals surface area contributed by atoms with E-state index in [1.54, 1.807) is 12.3 Å². The Morgan fingerprint density at radius 1 is 1.15 bits per heavy atom. The SMILES string of the molecule is CN1CCN(c2nc(NCCS)c3cc(Cl)ncc3n2)CC1.Nc1cccc(C(F)(F)F)c1. The van der Waals surface area contributed by atoms with E-state index in [0.29, 0.717) is 5.15 Å². The molecule has 33 heavy (non-hydrogen) atoms. The number of nitrogen functional groups attached to an aromatic ring is 1. The van der Waals surface area contributed by atoms with Crippen LogP contribution in [0.3, 0.4) is 0 Å². The molecule has 178 valence electrons. The van der Waals surface area contributed by atoms with Crippen molar-refractivity contribution in [3.63, 3.8) is 0 Å². The molecular formula is C21H25ClF3N7S. The summed E-state index contributed by atoms with van der Waals surface area (Å²) in [6, 6.07) is 6.37. The highest BCUT2D eigenvalue weighted by Crippen LogP contribution is 2.30. The summed E-state index contributed by atoms with van der Waals surface area (Å²) in [6.45, 7) is 4.61. The molecule has 0 amide bonds. The molecule has 3 heterocycles. The second-order valence-electron chi connectivity index (χ2n) is 7.46. The molecule has 0 bridgehead atoms. The maximum Gasteiger partial charge on any atom is 0.416 e. The van der Waals surface area contributed by atoms with Crippen LogP contribution in [0.1, 0.15) is 5.56 Å². The molecule has 1 aliphatic rings. The van der Waals surface area contributed by atoms with Gasteiger partial charge in [-0.1, -0.05) is 17.7 Å². The Hall–Kier alpha value is -2.50. The van der Waals surface area contributed by atoms with Gasteiger partial charge in [0.2, 0.25) is 5.95 Å². The fourth-order valence-corrected chi connectivity index (χ4v) is 3.44. The van der Waals surface area contributed by atoms with Crippen molar-refractivity contribution in [1.29, 1.82) is 0 Å². The molecule has 1 aromatic carbocycles. The summed E-state index contributed by atoms with van der Waals surface area (Å²) in [7, 11) is 2.13. The van der Waals surface area contributed by atoms with Crippen molar-refractivity contribution in [2.75, 3.05) is 61.5 Å². The van der Waals surface area contributed by atoms with Crippen molar-refractivity contribution in [3.05, 3.63) is 47.2 Å². The van der Waals surface area contributed by atoms with E-state index in [-0.39, 0.29) is 5.69 Å². The number of pyridine rings is 1. The van der Waals surface area contributed by atoms with Crippen LogP contribution >= 0.6 is 24.2 Å². The zero-order valence-corrected chi connectivity index (χ0v) is 19.6. The monoisotopic (exact) mass is 499 g/mol. The van der Waals surface area contributed by atoms with Gasteiger partial charge in [-0.15, -0.1) is 0 Å². The first kappa shape index (κ1) is 25.1. The number of thiol groups is 1. The van der Waals surface area contributed by atoms with Crippen molar-refractivity contribution < 1.29 is 13.2 Å². The molecule has 2 aromatic heterocycles. The van der Waals surface area contributed by atoms with E-state index in [9.17, 15) is 13.2 Å². The Balaban J connectivity index is 0.000000235. The third-order valence-electron chi connectivity index (χ3n) is 4.94. The number of rotatable bonds is 4. The summed E-state index contributed by atoms with van der Waals surface area (Å²) in [5.74, 6) is 2.26. The number of piperazine rings is 1. The quantitative estimate of drug-likeness (QED) is 0.283. The molecule has 1 fully saturated rings. The minimum Gasteiger partial charge on any atom is -0.399 e. The molecule has 3 N–H and O–H groups in total. The Morgan fingerprint density at radius 3 is 2.48 bits per heavy atom. The Labute approximate surface area is 200 Å². The molecule has 0 spiro atoms. The maximum atomic E-state index is 11.9. The summed E-state index contributed by atoms with van der Waals surface area (Å²) in [4.78, 5) is 18.0. The average molecular weight is 500 g/mol. The third-order valence-corrected chi connectivity index (χ3v) is 5.37. The van der Waals surface area contributed by atoms with Gasteiger partial charge in [0, 0.05) is 49.6 Å². The number of alkyl halides is 3. The van der Waals surface area contributed by atoms with E-state index in [1.165, 1.54) is 12.1 Å². The first-order valence-electron chi connectivity index (χ1n) is 10.2. The summed E-state index contributed by atoms with van der Waals surface area (Å²) < 4.78 is 35.7. The largest absolute Gasteiger partial charge is 0.416 e. The molecule has 0 aliphatic carbocycles. The van der Waals surface area contributed by atoms with Crippen molar-refractivity contribution in [2.45, 2.75) is 6.18 Å². The molecule has 0 saturated carbocycles. The molecule has 4 rings (SSSR count). The fraction of sp³-hybridized carbons (Fsp3) is 0.381. The number of nitrogens with one attached hydrogen (secondary N) is 1. The molecule has 0 radical (unpaired) electrons. The summed E-state index contributed by atoms with van der Waals surface area (Å²) in [6.07, 6.45) is -2.60. The second kappa shape index (κ2) is 11.1. The average Bonchev–Trinajstić information content (AvgIpc) is 2.78. The molecule has 1 saturated heterocycles. The molecule has 12 heteroatoms. The van der Waals surface area contributed by atoms with E-state index in [4.69, 9.17) is 22.3 Å². The first-order valence-corrected chi connectivity index (χ1v) is 11.2. The van der Waals surface area contributed by atoms with Gasteiger partial charge in [0.25, 0.3) is 0 Å². The topological polar surface area (TPSA) is 83.2 Å². The van der Waals surface area contributed by atoms with Crippen molar-refractivity contribution in [1.82, 2.24) is 19.9 Å². The zero-order valence-electron chi connectivity index (χ0n) is 18.0. The Morgan fingerprint density at radius 2 is 1.88 bits per heavy atom. The smallest absolute Gasteiger partial charge is 0.399 e. The van der Waals surface area contributed by atoms with Crippen molar-refractivity contribution in [3.8, 4) is 0 Å². The van der Waals surface area contributed by atoms with Crippen molar-refractivity contribution >= 4 is 52.6 Å². The number of nitrogens with two attached hydrogens (primary N) is 1. The number of halogens is 4. The van der Waals surface area contributed by atoms with Crippen molar-refractivity contribution in [2.24, 2.45) is 0 Å². The lowest BCUT2D eigenvalue weighted by Gasteiger charge is -2.32. The van der Waals surface area contributed by atoms with Crippen LogP contribution in [0, 0.1) is 0 Å². The second-order valence-corrected chi connectivity index (χ2v) is 8.29. The third kappa shape index (κ3) is 6.99. The van der Waals surface area contributed by atoms with E-state index in [2.05, 4.69) is 44.8 Å². The van der Waals surface area contributed by atoms with Crippen LogP contribution in [0.4, 0.5) is 30.6 Å². The fourth-order valence-electron chi connectivity index (χ4n) is 3.17. The summed E-state index contributed by atoms with van der Waals surface area (Å²) >= 11 is 10.2. The van der Waals surface area contributed by atoms with Gasteiger partial charge in [-0.25, -0.2) is 9.97 Å². The lowest BCUT2D eigenvalue weighted by molar-refractivity contribution is -0.137. The molecule has 3 aromatic rings. The number of hydrogen-bond donors (Lipinski definition) is 3. The lowest BCUT2D eigenvalue weighted by atomic mass is 10.2. The van der Waals surface area contributed by atoms with E-state index in [0.717, 1.165) is 73.3 Å². The van der Waals surface area contributed by atoms with Crippen LogP contribution in [-0.4, -0.2) is 65.4 Å². The molecule has 0 unspecified atom stereocenters. The van der Waals surface area contributed by atoms with Crippen LogP contribution < -0.4 is 16.0 Å². The number of fused-ring (bicyclic) bond motifs is 1. The number of likely N-dealkylation sites (N-methyl/N-ethyl adjacent to an activating group) is 1. The number of benzene rings is 1. The van der Waals surface area contributed by atoms with Gasteiger partial charge in [0.15, 0.2) is 0 Å². The number of nitrogens with zero attached hydrogens (tertiary/aromatic N) is 5. The lowest BCUT2D eigenvalue weighted by Crippen LogP contribution is -2.45. The van der Waals surface area contributed by atoms with Crippen LogP contribution in [-0.2, 0) is 6.18 Å². The van der Waals surface area contributed by atoms with Gasteiger partial charge in [0.1, 0.15) is 11.0 Å². The van der Waals surface area contributed by atoms with Gasteiger partial charge in [-0.05, 0) is 31.3 Å². The van der Waals surface area contributed by atoms with E-state index in [1.807, 2.05) is 0 Å². The molecule has 7 nitrogen and oxygen atoms in total. The van der Waals surface area contributed by atoms with Crippen LogP contribution in [0.25, 0.3) is 10.9 Å². The normalized spacial score (nSPS) is 14.7. The van der Waals surface area contributed by atoms with Gasteiger partial charge < -0.3 is 20.9 Å². The van der Waals surface area contributed by atoms with Gasteiger partial charge >= 0.3 is 6.18 Å². The van der Waals surface area contributed by atoms with Crippen LogP contribution in [0.5, 0.6) is 0 Å². The Bertz CT molecular complexity index is 1080.